The molecule has 8 heteroatoms. The zero-order chi connectivity index (χ0) is 13.1. The minimum atomic E-state index is -1.70. The highest BCUT2D eigenvalue weighted by Gasteiger charge is 2.32. The molecule has 1 aromatic rings. The Bertz CT molecular complexity index is 407. The van der Waals surface area contributed by atoms with Crippen molar-refractivity contribution in [1.82, 2.24) is 5.32 Å². The Balaban J connectivity index is 2.86. The first kappa shape index (κ1) is 15.0. The minimum absolute atomic E-state index is 0.353. The van der Waals surface area contributed by atoms with Gasteiger partial charge < -0.3 is 10.6 Å². The number of carbonyl (C=O) groups is 1. The molecular weight excluding hydrogens is 329 g/mol. The highest BCUT2D eigenvalue weighted by Crippen LogP contribution is 2.32. The van der Waals surface area contributed by atoms with Crippen molar-refractivity contribution >= 4 is 70.1 Å². The molecule has 1 amide bonds. The summed E-state index contributed by atoms with van der Waals surface area (Å²) in [7, 11) is 0. The molecule has 0 fully saturated rings. The van der Waals surface area contributed by atoms with Gasteiger partial charge in [-0.1, -0.05) is 58.0 Å². The summed E-state index contributed by atoms with van der Waals surface area (Å²) in [5.74, 6) is 0. The molecule has 1 atom stereocenters. The topological polar surface area (TPSA) is 41.1 Å². The lowest BCUT2D eigenvalue weighted by molar-refractivity contribution is -0.110. The summed E-state index contributed by atoms with van der Waals surface area (Å²) < 4.78 is -1.70. The first-order valence-corrected chi connectivity index (χ1v) is 6.21. The Labute approximate surface area is 123 Å². The smallest absolute Gasteiger partial charge is 0.228 e. The Morgan fingerprint density at radius 2 is 1.82 bits per heavy atom. The molecule has 1 aromatic carbocycles. The van der Waals surface area contributed by atoms with Crippen molar-refractivity contribution in [1.29, 1.82) is 0 Å². The van der Waals surface area contributed by atoms with Crippen LogP contribution in [0.15, 0.2) is 18.2 Å². The Kier molecular flexibility index (Phi) is 5.48. The summed E-state index contributed by atoms with van der Waals surface area (Å²) >= 11 is 28.6. The van der Waals surface area contributed by atoms with Crippen molar-refractivity contribution in [2.45, 2.75) is 9.96 Å². The van der Waals surface area contributed by atoms with E-state index in [1.165, 1.54) is 0 Å². The van der Waals surface area contributed by atoms with Crippen LogP contribution in [0.25, 0.3) is 0 Å². The van der Waals surface area contributed by atoms with Gasteiger partial charge in [-0.15, -0.1) is 0 Å². The number of anilines is 1. The highest BCUT2D eigenvalue weighted by molar-refractivity contribution is 6.68. The Morgan fingerprint density at radius 3 is 2.29 bits per heavy atom. The highest BCUT2D eigenvalue weighted by atomic mass is 35.6. The number of carbonyl (C=O) groups excluding carboxylic acids is 1. The van der Waals surface area contributed by atoms with Crippen LogP contribution in [0.4, 0.5) is 5.69 Å². The van der Waals surface area contributed by atoms with Crippen LogP contribution in [0, 0.1) is 0 Å². The molecule has 0 aliphatic heterocycles. The third kappa shape index (κ3) is 4.60. The number of hydrogen-bond donors (Lipinski definition) is 2. The lowest BCUT2D eigenvalue weighted by Crippen LogP contribution is -2.45. The van der Waals surface area contributed by atoms with Crippen LogP contribution in [0.2, 0.25) is 10.0 Å². The molecule has 0 radical (unpaired) electrons. The van der Waals surface area contributed by atoms with Crippen LogP contribution in [-0.2, 0) is 4.79 Å². The molecule has 94 valence electrons. The third-order valence-electron chi connectivity index (χ3n) is 1.79. The molecule has 0 aromatic heterocycles. The van der Waals surface area contributed by atoms with Crippen molar-refractivity contribution in [2.75, 3.05) is 5.32 Å². The summed E-state index contributed by atoms with van der Waals surface area (Å²) in [6, 6.07) is 4.78. The lowest BCUT2D eigenvalue weighted by atomic mass is 10.3. The average molecular weight is 336 g/mol. The van der Waals surface area contributed by atoms with E-state index in [0.29, 0.717) is 22.1 Å². The molecule has 0 aliphatic carbocycles. The molecule has 0 heterocycles. The zero-order valence-corrected chi connectivity index (χ0v) is 12.0. The van der Waals surface area contributed by atoms with Crippen molar-refractivity contribution in [2.24, 2.45) is 0 Å². The van der Waals surface area contributed by atoms with Crippen LogP contribution in [-0.4, -0.2) is 16.4 Å². The normalized spacial score (nSPS) is 13.0. The van der Waals surface area contributed by atoms with Gasteiger partial charge in [-0.2, -0.15) is 0 Å². The second kappa shape index (κ2) is 6.21. The van der Waals surface area contributed by atoms with E-state index in [1.807, 2.05) is 0 Å². The maximum Gasteiger partial charge on any atom is 0.228 e. The van der Waals surface area contributed by atoms with Gasteiger partial charge in [-0.3, -0.25) is 4.79 Å². The zero-order valence-electron chi connectivity index (χ0n) is 8.18. The van der Waals surface area contributed by atoms with E-state index >= 15 is 0 Å². The number of hydrogen-bond acceptors (Lipinski definition) is 2. The fraction of sp³-hybridized carbons (Fsp3) is 0.222. The van der Waals surface area contributed by atoms with E-state index in [2.05, 4.69) is 10.6 Å². The van der Waals surface area contributed by atoms with Gasteiger partial charge in [0.1, 0.15) is 6.17 Å². The molecule has 0 unspecified atom stereocenters. The average Bonchev–Trinajstić information content (AvgIpc) is 2.21. The molecule has 2 N–H and O–H groups in total. The first-order chi connectivity index (χ1) is 7.84. The maximum atomic E-state index is 10.4. The second-order valence-corrected chi connectivity index (χ2v) is 6.22. The van der Waals surface area contributed by atoms with E-state index in [4.69, 9.17) is 58.0 Å². The van der Waals surface area contributed by atoms with Gasteiger partial charge in [0.25, 0.3) is 0 Å². The Morgan fingerprint density at radius 1 is 1.18 bits per heavy atom. The van der Waals surface area contributed by atoms with Gasteiger partial charge in [0.15, 0.2) is 0 Å². The van der Waals surface area contributed by atoms with Gasteiger partial charge in [-0.05, 0) is 18.2 Å². The van der Waals surface area contributed by atoms with Crippen LogP contribution >= 0.6 is 58.0 Å². The van der Waals surface area contributed by atoms with E-state index < -0.39 is 9.96 Å². The van der Waals surface area contributed by atoms with E-state index in [0.717, 1.165) is 0 Å². The van der Waals surface area contributed by atoms with E-state index in [9.17, 15) is 4.79 Å². The summed E-state index contributed by atoms with van der Waals surface area (Å²) in [6.07, 6.45) is -0.459. The third-order valence-corrected chi connectivity index (χ3v) is 3.19. The lowest BCUT2D eigenvalue weighted by Gasteiger charge is -2.25. The fourth-order valence-electron chi connectivity index (χ4n) is 1.04. The molecule has 1 rings (SSSR count). The van der Waals surface area contributed by atoms with Crippen molar-refractivity contribution in [3.05, 3.63) is 28.2 Å². The maximum absolute atomic E-state index is 10.4. The molecule has 0 spiro atoms. The standard InChI is InChI=1S/C9H7Cl5N2O/c10-6-2-1-5(3-7(6)11)16-8(15-4-17)9(12,13)14/h1-4,8,16H,(H,15,17)/t8-/m0/s1. The molecular formula is C9H7Cl5N2O. The van der Waals surface area contributed by atoms with Gasteiger partial charge in [0.05, 0.1) is 10.0 Å². The predicted octanol–water partition coefficient (Wildman–Crippen LogP) is 3.85. The molecule has 0 aliphatic rings. The predicted molar refractivity (Wildman–Crippen MR) is 73.4 cm³/mol. The molecule has 0 bridgehead atoms. The summed E-state index contributed by atoms with van der Waals surface area (Å²) in [5, 5.41) is 5.91. The van der Waals surface area contributed by atoms with Crippen LogP contribution < -0.4 is 10.6 Å². The minimum Gasteiger partial charge on any atom is -0.362 e. The number of halogens is 5. The molecule has 17 heavy (non-hydrogen) atoms. The van der Waals surface area contributed by atoms with E-state index in [1.54, 1.807) is 18.2 Å². The van der Waals surface area contributed by atoms with Crippen LogP contribution in [0.1, 0.15) is 0 Å². The summed E-state index contributed by atoms with van der Waals surface area (Å²) in [4.78, 5) is 10.4. The van der Waals surface area contributed by atoms with Crippen molar-refractivity contribution in [3.8, 4) is 0 Å². The number of rotatable bonds is 4. The molecule has 3 nitrogen and oxygen atoms in total. The van der Waals surface area contributed by atoms with E-state index in [-0.39, 0.29) is 0 Å². The second-order valence-electron chi connectivity index (χ2n) is 3.03. The number of alkyl halides is 3. The number of amides is 1. The fourth-order valence-corrected chi connectivity index (χ4v) is 1.69. The van der Waals surface area contributed by atoms with Crippen molar-refractivity contribution < 1.29 is 4.79 Å². The first-order valence-electron chi connectivity index (χ1n) is 4.32. The summed E-state index contributed by atoms with van der Waals surface area (Å²) in [5.41, 5.74) is 0.560. The number of benzene rings is 1. The molecule has 0 saturated heterocycles. The summed E-state index contributed by atoms with van der Waals surface area (Å²) in [6.45, 7) is 0. The van der Waals surface area contributed by atoms with Gasteiger partial charge in [-0.25, -0.2) is 0 Å². The van der Waals surface area contributed by atoms with Crippen LogP contribution in [0.5, 0.6) is 0 Å². The quantitative estimate of drug-likeness (QED) is 0.498. The monoisotopic (exact) mass is 334 g/mol. The molecule has 0 saturated carbocycles. The van der Waals surface area contributed by atoms with Gasteiger partial charge in [0, 0.05) is 5.69 Å². The number of nitrogens with one attached hydrogen (secondary N) is 2. The SMILES string of the molecule is O=CN[C@@H](Nc1ccc(Cl)c(Cl)c1)C(Cl)(Cl)Cl. The van der Waals surface area contributed by atoms with Gasteiger partial charge >= 0.3 is 0 Å². The van der Waals surface area contributed by atoms with Gasteiger partial charge in [0.2, 0.25) is 10.2 Å². The Hall–Kier alpha value is -0.0600. The van der Waals surface area contributed by atoms with Crippen molar-refractivity contribution in [3.63, 3.8) is 0 Å². The largest absolute Gasteiger partial charge is 0.362 e. The van der Waals surface area contributed by atoms with Crippen LogP contribution in [0.3, 0.4) is 0 Å².